The molecule has 1 aliphatic rings. The predicted molar refractivity (Wildman–Crippen MR) is 99.8 cm³/mol. The average Bonchev–Trinajstić information content (AvgIpc) is 2.90. The van der Waals surface area contributed by atoms with E-state index in [-0.39, 0.29) is 17.9 Å². The highest BCUT2D eigenvalue weighted by molar-refractivity contribution is 6.10. The molecule has 26 heavy (non-hydrogen) atoms. The van der Waals surface area contributed by atoms with E-state index < -0.39 is 11.4 Å². The van der Waals surface area contributed by atoms with Gasteiger partial charge in [0.2, 0.25) is 11.8 Å². The maximum atomic E-state index is 12.6. The highest BCUT2D eigenvalue weighted by Gasteiger charge is 2.37. The summed E-state index contributed by atoms with van der Waals surface area (Å²) >= 11 is 0. The summed E-state index contributed by atoms with van der Waals surface area (Å²) in [5.41, 5.74) is -0.262. The van der Waals surface area contributed by atoms with Crippen molar-refractivity contribution in [3.8, 4) is 0 Å². The minimum absolute atomic E-state index is 0.149. The normalized spacial score (nSPS) is 15.7. The van der Waals surface area contributed by atoms with Crippen molar-refractivity contribution < 1.29 is 19.1 Å². The van der Waals surface area contributed by atoms with E-state index in [1.807, 2.05) is 0 Å². The molecule has 0 radical (unpaired) electrons. The SMILES string of the molecule is COC(=O)c1ccc(NC(=O)C(C)(C)C(=O)NC2CCCCCC2)cc1. The summed E-state index contributed by atoms with van der Waals surface area (Å²) in [5, 5.41) is 5.78. The second kappa shape index (κ2) is 8.83. The third kappa shape index (κ3) is 5.07. The van der Waals surface area contributed by atoms with Crippen LogP contribution in [0.1, 0.15) is 62.7 Å². The fourth-order valence-corrected chi connectivity index (χ4v) is 2.99. The Bertz CT molecular complexity index is 644. The Labute approximate surface area is 154 Å². The van der Waals surface area contributed by atoms with Gasteiger partial charge in [-0.3, -0.25) is 9.59 Å². The first-order valence-electron chi connectivity index (χ1n) is 9.15. The molecular weight excluding hydrogens is 332 g/mol. The summed E-state index contributed by atoms with van der Waals surface area (Å²) in [6.07, 6.45) is 6.58. The van der Waals surface area contributed by atoms with Gasteiger partial charge in [0.1, 0.15) is 5.41 Å². The molecule has 1 aromatic carbocycles. The Morgan fingerprint density at radius 1 is 0.962 bits per heavy atom. The van der Waals surface area contributed by atoms with Gasteiger partial charge in [0.15, 0.2) is 0 Å². The van der Waals surface area contributed by atoms with Gasteiger partial charge in [0, 0.05) is 11.7 Å². The van der Waals surface area contributed by atoms with E-state index in [1.54, 1.807) is 38.1 Å². The molecule has 1 aromatic rings. The van der Waals surface area contributed by atoms with Gasteiger partial charge in [-0.1, -0.05) is 25.7 Å². The molecular formula is C20H28N2O4. The monoisotopic (exact) mass is 360 g/mol. The molecule has 0 atom stereocenters. The van der Waals surface area contributed by atoms with E-state index in [4.69, 9.17) is 0 Å². The minimum atomic E-state index is -1.19. The van der Waals surface area contributed by atoms with E-state index in [2.05, 4.69) is 15.4 Å². The van der Waals surface area contributed by atoms with E-state index in [1.165, 1.54) is 20.0 Å². The Balaban J connectivity index is 1.97. The largest absolute Gasteiger partial charge is 0.465 e. The standard InChI is InChI=1S/C20H28N2O4/c1-20(2,18(24)21-15-8-6-4-5-7-9-15)19(25)22-16-12-10-14(11-13-16)17(23)26-3/h10-13,15H,4-9H2,1-3H3,(H,21,24)(H,22,25). The van der Waals surface area contributed by atoms with Crippen molar-refractivity contribution in [3.63, 3.8) is 0 Å². The van der Waals surface area contributed by atoms with Crippen LogP contribution in [0.15, 0.2) is 24.3 Å². The van der Waals surface area contributed by atoms with Crippen LogP contribution in [0.4, 0.5) is 5.69 Å². The van der Waals surface area contributed by atoms with Gasteiger partial charge in [-0.25, -0.2) is 4.79 Å². The van der Waals surface area contributed by atoms with Crippen molar-refractivity contribution in [2.45, 2.75) is 58.4 Å². The van der Waals surface area contributed by atoms with Gasteiger partial charge < -0.3 is 15.4 Å². The number of anilines is 1. The number of benzene rings is 1. The Morgan fingerprint density at radius 2 is 1.54 bits per heavy atom. The lowest BCUT2D eigenvalue weighted by atomic mass is 9.90. The minimum Gasteiger partial charge on any atom is -0.465 e. The molecule has 0 bridgehead atoms. The highest BCUT2D eigenvalue weighted by Crippen LogP contribution is 2.22. The van der Waals surface area contributed by atoms with Crippen LogP contribution in [0.25, 0.3) is 0 Å². The lowest BCUT2D eigenvalue weighted by molar-refractivity contribution is -0.138. The number of esters is 1. The molecule has 2 rings (SSSR count). The molecule has 1 aliphatic carbocycles. The molecule has 2 amide bonds. The molecule has 0 aromatic heterocycles. The van der Waals surface area contributed by atoms with Crippen LogP contribution in [0.2, 0.25) is 0 Å². The summed E-state index contributed by atoms with van der Waals surface area (Å²) in [7, 11) is 1.31. The van der Waals surface area contributed by atoms with Crippen molar-refractivity contribution in [1.29, 1.82) is 0 Å². The maximum Gasteiger partial charge on any atom is 0.337 e. The van der Waals surface area contributed by atoms with Gasteiger partial charge >= 0.3 is 5.97 Å². The smallest absolute Gasteiger partial charge is 0.337 e. The molecule has 0 saturated heterocycles. The average molecular weight is 360 g/mol. The zero-order valence-electron chi connectivity index (χ0n) is 15.8. The molecule has 142 valence electrons. The predicted octanol–water partition coefficient (Wildman–Crippen LogP) is 3.28. The molecule has 6 nitrogen and oxygen atoms in total. The van der Waals surface area contributed by atoms with Crippen LogP contribution in [0.5, 0.6) is 0 Å². The lowest BCUT2D eigenvalue weighted by Crippen LogP contribution is -2.48. The van der Waals surface area contributed by atoms with Crippen molar-refractivity contribution in [2.24, 2.45) is 5.41 Å². The van der Waals surface area contributed by atoms with E-state index >= 15 is 0 Å². The van der Waals surface area contributed by atoms with Crippen molar-refractivity contribution in [2.75, 3.05) is 12.4 Å². The molecule has 0 spiro atoms. The zero-order valence-corrected chi connectivity index (χ0v) is 15.8. The van der Waals surface area contributed by atoms with E-state index in [0.29, 0.717) is 11.3 Å². The molecule has 1 fully saturated rings. The van der Waals surface area contributed by atoms with Crippen molar-refractivity contribution in [1.82, 2.24) is 5.32 Å². The number of hydrogen-bond donors (Lipinski definition) is 2. The summed E-state index contributed by atoms with van der Waals surface area (Å²) in [6.45, 7) is 3.24. The number of methoxy groups -OCH3 is 1. The summed E-state index contributed by atoms with van der Waals surface area (Å²) < 4.78 is 4.64. The Morgan fingerprint density at radius 3 is 2.08 bits per heavy atom. The van der Waals surface area contributed by atoms with E-state index in [0.717, 1.165) is 25.7 Å². The molecule has 0 unspecified atom stereocenters. The molecule has 6 heteroatoms. The third-order valence-electron chi connectivity index (χ3n) is 4.89. The number of ether oxygens (including phenoxy) is 1. The second-order valence-corrected chi connectivity index (χ2v) is 7.31. The van der Waals surface area contributed by atoms with Crippen LogP contribution in [-0.4, -0.2) is 30.9 Å². The Hall–Kier alpha value is -2.37. The maximum absolute atomic E-state index is 12.6. The van der Waals surface area contributed by atoms with Gasteiger partial charge in [0.05, 0.1) is 12.7 Å². The summed E-state index contributed by atoms with van der Waals surface area (Å²) in [5.74, 6) is -1.08. The number of rotatable bonds is 5. The fraction of sp³-hybridized carbons (Fsp3) is 0.550. The highest BCUT2D eigenvalue weighted by atomic mass is 16.5. The summed E-state index contributed by atoms with van der Waals surface area (Å²) in [4.78, 5) is 36.7. The van der Waals surface area contributed by atoms with E-state index in [9.17, 15) is 14.4 Å². The van der Waals surface area contributed by atoms with Crippen molar-refractivity contribution in [3.05, 3.63) is 29.8 Å². The van der Waals surface area contributed by atoms with Crippen LogP contribution >= 0.6 is 0 Å². The lowest BCUT2D eigenvalue weighted by Gasteiger charge is -2.26. The number of carbonyl (C=O) groups is 3. The fourth-order valence-electron chi connectivity index (χ4n) is 2.99. The summed E-state index contributed by atoms with van der Waals surface area (Å²) in [6, 6.07) is 6.52. The van der Waals surface area contributed by atoms with Crippen LogP contribution in [-0.2, 0) is 14.3 Å². The number of hydrogen-bond acceptors (Lipinski definition) is 4. The topological polar surface area (TPSA) is 84.5 Å². The van der Waals surface area contributed by atoms with Gasteiger partial charge in [-0.15, -0.1) is 0 Å². The van der Waals surface area contributed by atoms with Gasteiger partial charge in [-0.05, 0) is 51.0 Å². The number of carbonyl (C=O) groups excluding carboxylic acids is 3. The quantitative estimate of drug-likeness (QED) is 0.479. The zero-order chi connectivity index (χ0) is 19.2. The van der Waals surface area contributed by atoms with Crippen LogP contribution in [0, 0.1) is 5.41 Å². The number of amides is 2. The molecule has 2 N–H and O–H groups in total. The number of nitrogens with one attached hydrogen (secondary N) is 2. The Kier molecular flexibility index (Phi) is 6.77. The molecule has 0 heterocycles. The first-order chi connectivity index (χ1) is 12.3. The van der Waals surface area contributed by atoms with Crippen molar-refractivity contribution >= 4 is 23.5 Å². The first kappa shape index (κ1) is 19.9. The van der Waals surface area contributed by atoms with Crippen LogP contribution < -0.4 is 10.6 Å². The first-order valence-corrected chi connectivity index (χ1v) is 9.15. The van der Waals surface area contributed by atoms with Crippen LogP contribution in [0.3, 0.4) is 0 Å². The molecule has 0 aliphatic heterocycles. The third-order valence-corrected chi connectivity index (χ3v) is 4.89. The van der Waals surface area contributed by atoms with Gasteiger partial charge in [-0.2, -0.15) is 0 Å². The molecule has 1 saturated carbocycles. The van der Waals surface area contributed by atoms with Gasteiger partial charge in [0.25, 0.3) is 0 Å². The second-order valence-electron chi connectivity index (χ2n) is 7.31.